The highest BCUT2D eigenvalue weighted by atomic mass is 32.2. The van der Waals surface area contributed by atoms with Gasteiger partial charge in [0.05, 0.1) is 67.8 Å². The van der Waals surface area contributed by atoms with Crippen LogP contribution in [0.25, 0.3) is 15.8 Å². The zero-order valence-electron chi connectivity index (χ0n) is 29.0. The van der Waals surface area contributed by atoms with Crippen LogP contribution in [-0.2, 0) is 42.9 Å². The second kappa shape index (κ2) is 14.9. The molecular formula is C35H32N2O10S5. The molecule has 0 saturated heterocycles. The third-order valence-corrected chi connectivity index (χ3v) is 15.1. The summed E-state index contributed by atoms with van der Waals surface area (Å²) in [6.45, 7) is 5.86. The highest BCUT2D eigenvalue weighted by molar-refractivity contribution is 8.26. The van der Waals surface area contributed by atoms with E-state index in [-0.39, 0.29) is 31.9 Å². The molecule has 0 radical (unpaired) electrons. The molecule has 3 aliphatic heterocycles. The summed E-state index contributed by atoms with van der Waals surface area (Å²) < 4.78 is 26.5. The highest BCUT2D eigenvalue weighted by Gasteiger charge is 2.61. The Kier molecular flexibility index (Phi) is 10.8. The number of thioether (sulfide) groups is 4. The van der Waals surface area contributed by atoms with E-state index in [9.17, 15) is 24.0 Å². The minimum atomic E-state index is -1.69. The SMILES string of the molecule is CCOc1ccc2c(c1)N(C(=O)CSc1nc3ccccc3s1)C(C)(C)C1=C2C2(SC(C(=O)OC)=C(C(=O)OC)S2)C(C(=O)OC)=C(C(=O)OC)S1. The van der Waals surface area contributed by atoms with E-state index in [2.05, 4.69) is 4.98 Å². The van der Waals surface area contributed by atoms with E-state index in [1.54, 1.807) is 23.1 Å². The average molecular weight is 801 g/mol. The highest BCUT2D eigenvalue weighted by Crippen LogP contribution is 2.71. The van der Waals surface area contributed by atoms with Crippen molar-refractivity contribution in [1.82, 2.24) is 4.98 Å². The molecule has 2 aromatic carbocycles. The van der Waals surface area contributed by atoms with E-state index < -0.39 is 33.5 Å². The van der Waals surface area contributed by atoms with E-state index in [0.29, 0.717) is 34.1 Å². The first kappa shape index (κ1) is 37.8. The van der Waals surface area contributed by atoms with Crippen molar-refractivity contribution in [3.05, 3.63) is 73.2 Å². The number of anilines is 1. The molecule has 0 aliphatic carbocycles. The van der Waals surface area contributed by atoms with Crippen LogP contribution in [0.4, 0.5) is 5.69 Å². The molecule has 1 aromatic heterocycles. The van der Waals surface area contributed by atoms with Crippen LogP contribution in [0, 0.1) is 0 Å². The van der Waals surface area contributed by atoms with Crippen molar-refractivity contribution in [1.29, 1.82) is 0 Å². The van der Waals surface area contributed by atoms with Gasteiger partial charge in [0, 0.05) is 22.1 Å². The summed E-state index contributed by atoms with van der Waals surface area (Å²) in [6.07, 6.45) is 0. The smallest absolute Gasteiger partial charge is 0.345 e. The Balaban J connectivity index is 1.58. The first-order valence-corrected chi connectivity index (χ1v) is 19.8. The van der Waals surface area contributed by atoms with Crippen LogP contribution < -0.4 is 9.64 Å². The first-order valence-electron chi connectivity index (χ1n) is 15.6. The molecular weight excluding hydrogens is 769 g/mol. The number of thiazole rings is 1. The molecule has 3 aliphatic rings. The molecule has 0 unspecified atom stereocenters. The Morgan fingerprint density at radius 1 is 0.827 bits per heavy atom. The van der Waals surface area contributed by atoms with Gasteiger partial charge in [0.25, 0.3) is 0 Å². The van der Waals surface area contributed by atoms with Crippen molar-refractivity contribution in [3.8, 4) is 5.75 Å². The Morgan fingerprint density at radius 2 is 1.44 bits per heavy atom. The fourth-order valence-electron chi connectivity index (χ4n) is 6.10. The predicted molar refractivity (Wildman–Crippen MR) is 204 cm³/mol. The molecule has 17 heteroatoms. The van der Waals surface area contributed by atoms with E-state index >= 15 is 0 Å². The van der Waals surface area contributed by atoms with Gasteiger partial charge in [0.15, 0.2) is 4.34 Å². The van der Waals surface area contributed by atoms with Crippen molar-refractivity contribution in [2.45, 2.75) is 34.7 Å². The second-order valence-electron chi connectivity index (χ2n) is 11.6. The van der Waals surface area contributed by atoms with Crippen LogP contribution in [0.5, 0.6) is 5.75 Å². The number of hydrogen-bond donors (Lipinski definition) is 0. The summed E-state index contributed by atoms with van der Waals surface area (Å²) >= 11 is 5.52. The number of esters is 4. The van der Waals surface area contributed by atoms with Gasteiger partial charge >= 0.3 is 23.9 Å². The molecule has 272 valence electrons. The lowest BCUT2D eigenvalue weighted by molar-refractivity contribution is -0.138. The average Bonchev–Trinajstić information content (AvgIpc) is 3.75. The van der Waals surface area contributed by atoms with E-state index in [4.69, 9.17) is 23.7 Å². The lowest BCUT2D eigenvalue weighted by Gasteiger charge is -2.50. The van der Waals surface area contributed by atoms with Crippen molar-refractivity contribution in [2.24, 2.45) is 0 Å². The molecule has 1 spiro atoms. The molecule has 52 heavy (non-hydrogen) atoms. The number of hydrogen-bond acceptors (Lipinski definition) is 16. The van der Waals surface area contributed by atoms with Crippen molar-refractivity contribution < 1.29 is 47.7 Å². The maximum Gasteiger partial charge on any atom is 0.345 e. The molecule has 0 atom stereocenters. The summed E-state index contributed by atoms with van der Waals surface area (Å²) in [5.74, 6) is -3.16. The molecule has 4 heterocycles. The molecule has 0 saturated carbocycles. The number of benzene rings is 2. The van der Waals surface area contributed by atoms with Crippen molar-refractivity contribution in [2.75, 3.05) is 45.7 Å². The largest absolute Gasteiger partial charge is 0.494 e. The fraction of sp³-hybridized carbons (Fsp3) is 0.314. The fourth-order valence-corrected chi connectivity index (χ4v) is 13.1. The van der Waals surface area contributed by atoms with Gasteiger partial charge in [-0.2, -0.15) is 0 Å². The number of carbonyl (C=O) groups is 5. The number of rotatable bonds is 9. The topological polar surface area (TPSA) is 148 Å². The third-order valence-electron chi connectivity index (χ3n) is 8.26. The van der Waals surface area contributed by atoms with Gasteiger partial charge in [-0.25, -0.2) is 24.2 Å². The van der Waals surface area contributed by atoms with Crippen LogP contribution >= 0.6 is 58.4 Å². The number of amides is 1. The number of ether oxygens (including phenoxy) is 5. The van der Waals surface area contributed by atoms with Gasteiger partial charge in [0.2, 0.25) is 5.91 Å². The van der Waals surface area contributed by atoms with E-state index in [0.717, 1.165) is 49.8 Å². The standard InChI is InChI=1S/C35H32N2O10S5/c1-8-47-17-13-14-18-20(15-17)37(22(38)16-48-33-36-19-11-9-10-12-21(19)49-33)34(2,3)28-23(18)35(24(29(39)43-4)25(50-28)30(40)44-5)51-26(31(41)45-6)27(52-35)32(42)46-7/h9-15H,8,16H2,1-7H3. The summed E-state index contributed by atoms with van der Waals surface area (Å²) in [5, 5.41) is 0. The van der Waals surface area contributed by atoms with Crippen molar-refractivity contribution >= 4 is 110 Å². The number of methoxy groups -OCH3 is 4. The minimum Gasteiger partial charge on any atom is -0.494 e. The van der Waals surface area contributed by atoms with E-state index in [1.807, 2.05) is 45.0 Å². The lowest BCUT2D eigenvalue weighted by atomic mass is 9.83. The van der Waals surface area contributed by atoms with Gasteiger partial charge in [0.1, 0.15) is 24.5 Å². The maximum atomic E-state index is 14.6. The number of fused-ring (bicyclic) bond motifs is 4. The quantitative estimate of drug-likeness (QED) is 0.133. The summed E-state index contributed by atoms with van der Waals surface area (Å²) in [5.41, 5.74) is 0.950. The van der Waals surface area contributed by atoms with Gasteiger partial charge in [-0.1, -0.05) is 59.2 Å². The van der Waals surface area contributed by atoms with Crippen LogP contribution in [0.3, 0.4) is 0 Å². The lowest BCUT2D eigenvalue weighted by Crippen LogP contribution is -2.54. The first-order chi connectivity index (χ1) is 24.9. The molecule has 0 N–H and O–H groups in total. The minimum absolute atomic E-state index is 0.0249. The molecule has 12 nitrogen and oxygen atoms in total. The molecule has 3 aromatic rings. The molecule has 1 amide bonds. The van der Waals surface area contributed by atoms with Crippen molar-refractivity contribution in [3.63, 3.8) is 0 Å². The molecule has 6 rings (SSSR count). The van der Waals surface area contributed by atoms with Crippen LogP contribution in [0.2, 0.25) is 0 Å². The zero-order valence-corrected chi connectivity index (χ0v) is 33.1. The number of para-hydroxylation sites is 1. The van der Waals surface area contributed by atoms with E-state index in [1.165, 1.54) is 51.5 Å². The van der Waals surface area contributed by atoms with Gasteiger partial charge in [-0.3, -0.25) is 4.79 Å². The molecule has 0 bridgehead atoms. The Hall–Kier alpha value is -3.90. The summed E-state index contributed by atoms with van der Waals surface area (Å²) in [7, 11) is 4.69. The van der Waals surface area contributed by atoms with Crippen LogP contribution in [-0.4, -0.2) is 85.2 Å². The van der Waals surface area contributed by atoms with Gasteiger partial charge < -0.3 is 28.6 Å². The normalized spacial score (nSPS) is 17.2. The Morgan fingerprint density at radius 3 is 2.04 bits per heavy atom. The summed E-state index contributed by atoms with van der Waals surface area (Å²) in [4.78, 5) is 75.1. The van der Waals surface area contributed by atoms with Crippen LogP contribution in [0.1, 0.15) is 26.3 Å². The maximum absolute atomic E-state index is 14.6. The zero-order chi connectivity index (χ0) is 37.5. The Labute approximate surface area is 320 Å². The predicted octanol–water partition coefficient (Wildman–Crippen LogP) is 6.40. The van der Waals surface area contributed by atoms with Gasteiger partial charge in [-0.05, 0) is 45.0 Å². The monoisotopic (exact) mass is 800 g/mol. The number of nitrogens with zero attached hydrogens (tertiary/aromatic N) is 2. The summed E-state index contributed by atoms with van der Waals surface area (Å²) in [6, 6.07) is 13.0. The third kappa shape index (κ3) is 6.29. The molecule has 0 fully saturated rings. The van der Waals surface area contributed by atoms with Crippen LogP contribution in [0.15, 0.2) is 72.0 Å². The van der Waals surface area contributed by atoms with Gasteiger partial charge in [-0.15, -0.1) is 11.3 Å². The number of aromatic nitrogens is 1. The second-order valence-corrected chi connectivity index (χ2v) is 17.6. The Bertz CT molecular complexity index is 2070. The number of carbonyl (C=O) groups excluding carboxylic acids is 5.